The molecule has 1 aromatic carbocycles. The van der Waals surface area contributed by atoms with Crippen LogP contribution in [0.4, 0.5) is 11.5 Å². The van der Waals surface area contributed by atoms with Crippen LogP contribution in [-0.2, 0) is 4.79 Å². The Balaban J connectivity index is 1.81. The highest BCUT2D eigenvalue weighted by Crippen LogP contribution is 2.16. The molecule has 1 N–H and O–H groups in total. The van der Waals surface area contributed by atoms with Gasteiger partial charge in [-0.2, -0.15) is 5.11 Å². The number of hydrazine groups is 1. The second kappa shape index (κ2) is 5.85. The summed E-state index contributed by atoms with van der Waals surface area (Å²) in [5.74, 6) is 0.331. The molecule has 0 fully saturated rings. The van der Waals surface area contributed by atoms with Gasteiger partial charge in [0.2, 0.25) is 11.8 Å². The van der Waals surface area contributed by atoms with Crippen molar-refractivity contribution in [3.05, 3.63) is 54.2 Å². The minimum Gasteiger partial charge on any atom is -0.265 e. The van der Waals surface area contributed by atoms with Gasteiger partial charge in [0.15, 0.2) is 5.82 Å². The molecule has 3 rings (SSSR count). The largest absolute Gasteiger partial charge is 0.320 e. The number of pyridine rings is 1. The molecule has 1 aliphatic rings. The van der Waals surface area contributed by atoms with Gasteiger partial charge in [-0.1, -0.05) is 28.8 Å². The summed E-state index contributed by atoms with van der Waals surface area (Å²) in [5.41, 5.74) is 2.67. The van der Waals surface area contributed by atoms with E-state index in [2.05, 4.69) is 20.3 Å². The molecular formula is C16H16N5O+. The van der Waals surface area contributed by atoms with Gasteiger partial charge >= 0.3 is 5.91 Å². The predicted molar refractivity (Wildman–Crippen MR) is 82.8 cm³/mol. The lowest BCUT2D eigenvalue weighted by Gasteiger charge is -2.07. The number of carbonyl (C=O) groups excluding carboxylic acids is 1. The third-order valence-electron chi connectivity index (χ3n) is 3.37. The number of hydrazone groups is 1. The molecule has 1 unspecified atom stereocenters. The summed E-state index contributed by atoms with van der Waals surface area (Å²) in [6.07, 6.45) is 1.64. The molecule has 0 bridgehead atoms. The second-order valence-electron chi connectivity index (χ2n) is 5.11. The molecule has 2 heterocycles. The Bertz CT molecular complexity index is 737. The van der Waals surface area contributed by atoms with E-state index in [4.69, 9.17) is 0 Å². The van der Waals surface area contributed by atoms with Gasteiger partial charge in [-0.3, -0.25) is 4.79 Å². The van der Waals surface area contributed by atoms with Crippen LogP contribution in [0, 0.1) is 6.92 Å². The van der Waals surface area contributed by atoms with Gasteiger partial charge in [0, 0.05) is 13.1 Å². The molecule has 1 aliphatic heterocycles. The Morgan fingerprint density at radius 1 is 1.14 bits per heavy atom. The van der Waals surface area contributed by atoms with Crippen molar-refractivity contribution in [2.75, 3.05) is 5.01 Å². The Labute approximate surface area is 128 Å². The summed E-state index contributed by atoms with van der Waals surface area (Å²) in [7, 11) is 0. The highest BCUT2D eigenvalue weighted by Gasteiger charge is 2.41. The van der Waals surface area contributed by atoms with Crippen LogP contribution in [0.3, 0.4) is 0 Å². The van der Waals surface area contributed by atoms with Crippen LogP contribution in [0.2, 0.25) is 0 Å². The molecule has 1 aromatic heterocycles. The van der Waals surface area contributed by atoms with E-state index >= 15 is 0 Å². The summed E-state index contributed by atoms with van der Waals surface area (Å²) in [4.78, 5) is 16.6. The van der Waals surface area contributed by atoms with Crippen molar-refractivity contribution < 1.29 is 9.90 Å². The number of nitrogens with one attached hydrogen (secondary N) is 1. The highest BCUT2D eigenvalue weighted by atomic mass is 16.2. The van der Waals surface area contributed by atoms with E-state index in [1.54, 1.807) is 18.3 Å². The third kappa shape index (κ3) is 2.76. The normalized spacial score (nSPS) is 18.1. The van der Waals surface area contributed by atoms with Crippen LogP contribution in [0.1, 0.15) is 12.5 Å². The molecule has 1 amide bonds. The molecule has 6 heteroatoms. The molecular weight excluding hydrogens is 278 g/mol. The lowest BCUT2D eigenvalue weighted by atomic mass is 10.2. The van der Waals surface area contributed by atoms with Gasteiger partial charge in [0.1, 0.15) is 5.69 Å². The average Bonchev–Trinajstić information content (AvgIpc) is 2.82. The van der Waals surface area contributed by atoms with Crippen LogP contribution in [0.5, 0.6) is 0 Å². The van der Waals surface area contributed by atoms with E-state index in [1.807, 2.05) is 44.2 Å². The first-order valence-corrected chi connectivity index (χ1v) is 6.98. The van der Waals surface area contributed by atoms with Crippen molar-refractivity contribution in [1.82, 2.24) is 4.98 Å². The minimum absolute atomic E-state index is 0.152. The number of aromatic nitrogens is 1. The quantitative estimate of drug-likeness (QED) is 0.868. The number of amides is 1. The van der Waals surface area contributed by atoms with Gasteiger partial charge in [-0.05, 0) is 31.2 Å². The van der Waals surface area contributed by atoms with Crippen LogP contribution >= 0.6 is 0 Å². The number of hydrogen-bond donors (Lipinski definition) is 1. The van der Waals surface area contributed by atoms with Crippen molar-refractivity contribution in [2.45, 2.75) is 19.9 Å². The fourth-order valence-electron chi connectivity index (χ4n) is 2.15. The molecule has 1 atom stereocenters. The van der Waals surface area contributed by atoms with Crippen LogP contribution in [-0.4, -0.2) is 22.6 Å². The summed E-state index contributed by atoms with van der Waals surface area (Å²) in [6.45, 7) is 3.83. The predicted octanol–water partition coefficient (Wildman–Crippen LogP) is 1.35. The molecule has 0 saturated heterocycles. The van der Waals surface area contributed by atoms with Crippen molar-refractivity contribution >= 4 is 23.1 Å². The maximum Gasteiger partial charge on any atom is 0.320 e. The zero-order chi connectivity index (χ0) is 15.5. The Hall–Kier alpha value is -2.89. The Morgan fingerprint density at radius 3 is 2.59 bits per heavy atom. The van der Waals surface area contributed by atoms with Crippen molar-refractivity contribution in [3.63, 3.8) is 0 Å². The van der Waals surface area contributed by atoms with E-state index < -0.39 is 6.04 Å². The Kier molecular flexibility index (Phi) is 3.74. The first-order valence-electron chi connectivity index (χ1n) is 6.98. The number of azo groups is 1. The average molecular weight is 294 g/mol. The second-order valence-corrected chi connectivity index (χ2v) is 5.11. The van der Waals surface area contributed by atoms with Crippen molar-refractivity contribution in [3.8, 4) is 0 Å². The monoisotopic (exact) mass is 294 g/mol. The van der Waals surface area contributed by atoms with Crippen LogP contribution in [0.25, 0.3) is 0 Å². The van der Waals surface area contributed by atoms with Crippen LogP contribution in [0.15, 0.2) is 58.9 Å². The van der Waals surface area contributed by atoms with Gasteiger partial charge in [-0.25, -0.2) is 4.98 Å². The minimum atomic E-state index is -0.636. The van der Waals surface area contributed by atoms with E-state index in [9.17, 15) is 4.79 Å². The zero-order valence-corrected chi connectivity index (χ0v) is 12.4. The standard InChI is InChI=1S/C16H15N5O/c1-11-6-8-13(9-7-11)21-16(22)15(12(2)20-21)19-18-14-5-3-4-10-17-14/h3-10,15H,1-2H3/p+1. The first-order chi connectivity index (χ1) is 10.6. The lowest BCUT2D eigenvalue weighted by molar-refractivity contribution is -0.455. The molecule has 0 radical (unpaired) electrons. The SMILES string of the molecule is CC1=[NH+]N(c2ccc(C)cc2)C(=O)C1N=Nc1ccccn1. The van der Waals surface area contributed by atoms with Crippen molar-refractivity contribution in [1.29, 1.82) is 0 Å². The van der Waals surface area contributed by atoms with E-state index in [0.717, 1.165) is 17.0 Å². The number of anilines is 1. The number of aryl methyl sites for hydroxylation is 1. The summed E-state index contributed by atoms with van der Waals surface area (Å²) in [5, 5.41) is 12.7. The van der Waals surface area contributed by atoms with E-state index in [-0.39, 0.29) is 5.91 Å². The summed E-state index contributed by atoms with van der Waals surface area (Å²) >= 11 is 0. The van der Waals surface area contributed by atoms with Gasteiger partial charge < -0.3 is 0 Å². The fourth-order valence-corrected chi connectivity index (χ4v) is 2.15. The smallest absolute Gasteiger partial charge is 0.265 e. The number of nitrogens with zero attached hydrogens (tertiary/aromatic N) is 4. The molecule has 22 heavy (non-hydrogen) atoms. The third-order valence-corrected chi connectivity index (χ3v) is 3.37. The first kappa shape index (κ1) is 14.1. The maximum atomic E-state index is 12.5. The lowest BCUT2D eigenvalue weighted by Crippen LogP contribution is -2.81. The van der Waals surface area contributed by atoms with Gasteiger partial charge in [0.25, 0.3) is 0 Å². The van der Waals surface area contributed by atoms with Crippen LogP contribution < -0.4 is 10.1 Å². The summed E-state index contributed by atoms with van der Waals surface area (Å²) < 4.78 is 0. The van der Waals surface area contributed by atoms with E-state index in [1.165, 1.54) is 5.01 Å². The topological polar surface area (TPSA) is 71.9 Å². The maximum absolute atomic E-state index is 12.5. The summed E-state index contributed by atoms with van der Waals surface area (Å²) in [6, 6.07) is 12.4. The molecule has 0 spiro atoms. The number of carbonyl (C=O) groups is 1. The van der Waals surface area contributed by atoms with Gasteiger partial charge in [0.05, 0.1) is 0 Å². The fraction of sp³-hybridized carbons (Fsp3) is 0.188. The number of hydrogen-bond acceptors (Lipinski definition) is 4. The zero-order valence-electron chi connectivity index (χ0n) is 12.4. The molecule has 2 aromatic rings. The van der Waals surface area contributed by atoms with Gasteiger partial charge in [-0.15, -0.1) is 10.2 Å². The Morgan fingerprint density at radius 2 is 1.91 bits per heavy atom. The molecule has 0 saturated carbocycles. The molecule has 6 nitrogen and oxygen atoms in total. The number of rotatable bonds is 3. The molecule has 110 valence electrons. The highest BCUT2D eigenvalue weighted by molar-refractivity contribution is 6.13. The van der Waals surface area contributed by atoms with E-state index in [0.29, 0.717) is 5.82 Å². The molecule has 0 aliphatic carbocycles. The van der Waals surface area contributed by atoms with Crippen molar-refractivity contribution in [2.24, 2.45) is 10.2 Å². The number of benzene rings is 1.